The first-order valence-electron chi connectivity index (χ1n) is 15.3. The van der Waals surface area contributed by atoms with Gasteiger partial charge in [0.2, 0.25) is 0 Å². The van der Waals surface area contributed by atoms with Crippen LogP contribution in [0.1, 0.15) is 0 Å². The zero-order valence-corrected chi connectivity index (χ0v) is 25.0. The summed E-state index contributed by atoms with van der Waals surface area (Å²) in [6.07, 6.45) is 0. The van der Waals surface area contributed by atoms with E-state index in [9.17, 15) is 0 Å². The Hall–Kier alpha value is -5.64. The Morgan fingerprint density at radius 1 is 0.444 bits per heavy atom. The lowest BCUT2D eigenvalue weighted by atomic mass is 9.99. The third-order valence-electron chi connectivity index (χ3n) is 9.18. The van der Waals surface area contributed by atoms with Gasteiger partial charge < -0.3 is 8.98 Å². The van der Waals surface area contributed by atoms with Crippen LogP contribution in [0.25, 0.3) is 91.9 Å². The summed E-state index contributed by atoms with van der Waals surface area (Å²) in [5.41, 5.74) is 10.4. The van der Waals surface area contributed by atoms with Gasteiger partial charge in [-0.3, -0.25) is 0 Å². The first-order valence-corrected chi connectivity index (χ1v) is 16.1. The van der Waals surface area contributed by atoms with Crippen molar-refractivity contribution in [3.05, 3.63) is 152 Å². The molecule has 0 aliphatic heterocycles. The zero-order chi connectivity index (χ0) is 29.5. The van der Waals surface area contributed by atoms with Crippen molar-refractivity contribution in [3.8, 4) is 27.9 Å². The molecule has 45 heavy (non-hydrogen) atoms. The SMILES string of the molecule is c1ccc(-n2c3ccccc3c3sc4cc(-c5ccc(-c6ccc7c(c6)oc6cc8ccccc8cc67)cc5)ccc4c32)cc1. The van der Waals surface area contributed by atoms with Crippen molar-refractivity contribution in [2.24, 2.45) is 0 Å². The molecule has 0 aliphatic carbocycles. The Kier molecular flexibility index (Phi) is 5.19. The van der Waals surface area contributed by atoms with Gasteiger partial charge in [-0.2, -0.15) is 0 Å². The van der Waals surface area contributed by atoms with Crippen LogP contribution in [0.2, 0.25) is 0 Å². The number of para-hydroxylation sites is 2. The Balaban J connectivity index is 1.04. The number of furan rings is 1. The summed E-state index contributed by atoms with van der Waals surface area (Å²) in [7, 11) is 0. The van der Waals surface area contributed by atoms with Crippen molar-refractivity contribution in [3.63, 3.8) is 0 Å². The van der Waals surface area contributed by atoms with E-state index in [-0.39, 0.29) is 0 Å². The molecule has 0 unspecified atom stereocenters. The molecule has 0 radical (unpaired) electrons. The highest BCUT2D eigenvalue weighted by atomic mass is 32.1. The predicted octanol–water partition coefficient (Wildman–Crippen LogP) is 12.4. The number of hydrogen-bond donors (Lipinski definition) is 0. The predicted molar refractivity (Wildman–Crippen MR) is 192 cm³/mol. The second-order valence-corrected chi connectivity index (χ2v) is 12.8. The van der Waals surface area contributed by atoms with Crippen molar-refractivity contribution < 1.29 is 4.42 Å². The Labute approximate surface area is 263 Å². The topological polar surface area (TPSA) is 18.1 Å². The van der Waals surface area contributed by atoms with Gasteiger partial charge in [-0.1, -0.05) is 103 Å². The lowest BCUT2D eigenvalue weighted by molar-refractivity contribution is 0.669. The molecule has 2 nitrogen and oxygen atoms in total. The van der Waals surface area contributed by atoms with Crippen LogP contribution >= 0.6 is 11.3 Å². The minimum atomic E-state index is 0.921. The normalized spacial score (nSPS) is 12.0. The fraction of sp³-hybridized carbons (Fsp3) is 0. The molecule has 3 heterocycles. The molecule has 0 N–H and O–H groups in total. The van der Waals surface area contributed by atoms with Crippen molar-refractivity contribution >= 4 is 75.3 Å². The van der Waals surface area contributed by atoms with Crippen molar-refractivity contribution in [2.75, 3.05) is 0 Å². The van der Waals surface area contributed by atoms with Gasteiger partial charge in [-0.25, -0.2) is 0 Å². The van der Waals surface area contributed by atoms with Gasteiger partial charge in [-0.05, 0) is 81.6 Å². The molecule has 10 aromatic rings. The fourth-order valence-electron chi connectivity index (χ4n) is 6.99. The van der Waals surface area contributed by atoms with Gasteiger partial charge in [0.1, 0.15) is 11.2 Å². The Morgan fingerprint density at radius 2 is 1.07 bits per heavy atom. The van der Waals surface area contributed by atoms with Crippen LogP contribution in [0.5, 0.6) is 0 Å². The van der Waals surface area contributed by atoms with Crippen LogP contribution in [0, 0.1) is 0 Å². The van der Waals surface area contributed by atoms with E-state index < -0.39 is 0 Å². The average Bonchev–Trinajstić information content (AvgIpc) is 3.75. The molecule has 0 amide bonds. The number of thiophene rings is 1. The lowest BCUT2D eigenvalue weighted by Crippen LogP contribution is -1.92. The molecule has 0 bridgehead atoms. The number of hydrogen-bond acceptors (Lipinski definition) is 2. The number of aromatic nitrogens is 1. The van der Waals surface area contributed by atoms with Gasteiger partial charge in [0, 0.05) is 31.9 Å². The van der Waals surface area contributed by atoms with Gasteiger partial charge >= 0.3 is 0 Å². The maximum Gasteiger partial charge on any atom is 0.136 e. The molecule has 0 aliphatic rings. The van der Waals surface area contributed by atoms with E-state index in [1.807, 2.05) is 11.3 Å². The number of nitrogens with zero attached hydrogens (tertiary/aromatic N) is 1. The summed E-state index contributed by atoms with van der Waals surface area (Å²) in [4.78, 5) is 0. The quantitative estimate of drug-likeness (QED) is 0.200. The summed E-state index contributed by atoms with van der Waals surface area (Å²) in [5, 5.41) is 7.34. The highest BCUT2D eigenvalue weighted by molar-refractivity contribution is 7.26. The van der Waals surface area contributed by atoms with Gasteiger partial charge in [0.25, 0.3) is 0 Å². The van der Waals surface area contributed by atoms with Crippen molar-refractivity contribution in [2.45, 2.75) is 0 Å². The number of benzene rings is 7. The molecule has 0 atom stereocenters. The second kappa shape index (κ2) is 9.43. The summed E-state index contributed by atoms with van der Waals surface area (Å²) >= 11 is 1.89. The highest BCUT2D eigenvalue weighted by Gasteiger charge is 2.18. The van der Waals surface area contributed by atoms with Crippen LogP contribution < -0.4 is 0 Å². The lowest BCUT2D eigenvalue weighted by Gasteiger charge is -2.08. The summed E-state index contributed by atoms with van der Waals surface area (Å²) < 4.78 is 11.4. The van der Waals surface area contributed by atoms with Crippen LogP contribution in [-0.4, -0.2) is 4.57 Å². The summed E-state index contributed by atoms with van der Waals surface area (Å²) in [6, 6.07) is 54.7. The Morgan fingerprint density at radius 3 is 1.87 bits per heavy atom. The molecule has 210 valence electrons. The van der Waals surface area contributed by atoms with Crippen molar-refractivity contribution in [1.82, 2.24) is 4.57 Å². The standard InChI is InChI=1S/C42H25NOS/c1-2-10-32(11-3-1)43-37-13-7-6-12-34(37)42-41(43)35-21-19-31(25-40(35)45-42)27-16-14-26(15-17-27)30-18-20-33-36-22-28-8-4-5-9-29(28)23-39(36)44-38(33)24-30/h1-25H. The molecule has 7 aromatic carbocycles. The van der Waals surface area contributed by atoms with Gasteiger partial charge in [-0.15, -0.1) is 11.3 Å². The maximum absolute atomic E-state index is 6.34. The molecular formula is C42H25NOS. The van der Waals surface area contributed by atoms with Crippen LogP contribution in [0.15, 0.2) is 156 Å². The summed E-state index contributed by atoms with van der Waals surface area (Å²) in [6.45, 7) is 0. The van der Waals surface area contributed by atoms with E-state index in [0.29, 0.717) is 0 Å². The maximum atomic E-state index is 6.34. The number of rotatable bonds is 3. The molecule has 0 saturated heterocycles. The van der Waals surface area contributed by atoms with Crippen molar-refractivity contribution in [1.29, 1.82) is 0 Å². The first-order chi connectivity index (χ1) is 22.3. The molecular weight excluding hydrogens is 567 g/mol. The Bertz CT molecular complexity index is 2740. The van der Waals surface area contributed by atoms with E-state index in [2.05, 4.69) is 156 Å². The van der Waals surface area contributed by atoms with E-state index in [1.165, 1.54) is 64.4 Å². The highest BCUT2D eigenvalue weighted by Crippen LogP contribution is 2.43. The van der Waals surface area contributed by atoms with E-state index in [1.54, 1.807) is 0 Å². The van der Waals surface area contributed by atoms with Gasteiger partial charge in [0.05, 0.1) is 15.7 Å². The third kappa shape index (κ3) is 3.75. The number of fused-ring (bicyclic) bond motifs is 9. The zero-order valence-electron chi connectivity index (χ0n) is 24.2. The molecule has 0 spiro atoms. The largest absolute Gasteiger partial charge is 0.456 e. The van der Waals surface area contributed by atoms with Crippen LogP contribution in [-0.2, 0) is 0 Å². The average molecular weight is 592 g/mol. The molecule has 3 heteroatoms. The fourth-order valence-corrected chi connectivity index (χ4v) is 8.25. The minimum absolute atomic E-state index is 0.921. The van der Waals surface area contributed by atoms with E-state index in [4.69, 9.17) is 4.42 Å². The van der Waals surface area contributed by atoms with E-state index in [0.717, 1.165) is 27.5 Å². The summed E-state index contributed by atoms with van der Waals surface area (Å²) in [5.74, 6) is 0. The van der Waals surface area contributed by atoms with Crippen LogP contribution in [0.4, 0.5) is 0 Å². The van der Waals surface area contributed by atoms with Crippen LogP contribution in [0.3, 0.4) is 0 Å². The molecule has 0 fully saturated rings. The monoisotopic (exact) mass is 591 g/mol. The molecule has 0 saturated carbocycles. The second-order valence-electron chi connectivity index (χ2n) is 11.8. The molecule has 3 aromatic heterocycles. The smallest absolute Gasteiger partial charge is 0.136 e. The third-order valence-corrected chi connectivity index (χ3v) is 10.4. The van der Waals surface area contributed by atoms with Gasteiger partial charge in [0.15, 0.2) is 0 Å². The van der Waals surface area contributed by atoms with E-state index >= 15 is 0 Å². The minimum Gasteiger partial charge on any atom is -0.456 e. The first kappa shape index (κ1) is 24.8. The molecule has 10 rings (SSSR count).